The molecule has 0 fully saturated rings. The van der Waals surface area contributed by atoms with Crippen LogP contribution >= 0.6 is 23.2 Å². The summed E-state index contributed by atoms with van der Waals surface area (Å²) in [5.74, 6) is 0. The molecule has 0 radical (unpaired) electrons. The van der Waals surface area contributed by atoms with E-state index in [2.05, 4.69) is 9.82 Å². The van der Waals surface area contributed by atoms with Crippen LogP contribution in [-0.4, -0.2) is 18.2 Å². The summed E-state index contributed by atoms with van der Waals surface area (Å²) in [5, 5.41) is 4.54. The first-order valence-electron chi connectivity index (χ1n) is 5.71. The molecule has 2 rings (SSSR count). The molecule has 0 aliphatic heterocycles. The summed E-state index contributed by atoms with van der Waals surface area (Å²) in [4.78, 5) is 0.149. The van der Waals surface area contributed by atoms with Crippen LogP contribution < -0.4 is 4.72 Å². The summed E-state index contributed by atoms with van der Waals surface area (Å²) in [5.41, 5.74) is 1.21. The Morgan fingerprint density at radius 3 is 2.45 bits per heavy atom. The number of sulfonamides is 1. The molecule has 108 valence electrons. The number of aryl methyl sites for hydroxylation is 2. The molecule has 20 heavy (non-hydrogen) atoms. The molecular weight excluding hydrogens is 321 g/mol. The quantitative estimate of drug-likeness (QED) is 0.938. The average Bonchev–Trinajstić information content (AvgIpc) is 2.59. The van der Waals surface area contributed by atoms with Crippen molar-refractivity contribution in [2.24, 2.45) is 7.05 Å². The third-order valence-corrected chi connectivity index (χ3v) is 5.34. The van der Waals surface area contributed by atoms with Crippen LogP contribution in [0.25, 0.3) is 0 Å². The van der Waals surface area contributed by atoms with Gasteiger partial charge in [0.15, 0.2) is 0 Å². The summed E-state index contributed by atoms with van der Waals surface area (Å²) >= 11 is 11.9. The predicted molar refractivity (Wildman–Crippen MR) is 80.0 cm³/mol. The molecule has 0 atom stereocenters. The van der Waals surface area contributed by atoms with Crippen molar-refractivity contribution in [1.29, 1.82) is 0 Å². The highest BCUT2D eigenvalue weighted by molar-refractivity contribution is 7.92. The Morgan fingerprint density at radius 1 is 1.25 bits per heavy atom. The second kappa shape index (κ2) is 5.27. The molecule has 2 aromatic rings. The standard InChI is InChI=1S/C12H13Cl2N3O2S/c1-7-12(8(2)17(3)15-7)20(18,19)16-10-6-4-5-9(13)11(10)14/h4-6,16H,1-3H3. The normalized spacial score (nSPS) is 11.7. The van der Waals surface area contributed by atoms with Crippen LogP contribution in [0.5, 0.6) is 0 Å². The van der Waals surface area contributed by atoms with E-state index in [1.54, 1.807) is 39.1 Å². The van der Waals surface area contributed by atoms with E-state index in [4.69, 9.17) is 23.2 Å². The maximum atomic E-state index is 12.5. The van der Waals surface area contributed by atoms with Gasteiger partial charge in [-0.05, 0) is 26.0 Å². The van der Waals surface area contributed by atoms with Crippen LogP contribution in [0.2, 0.25) is 10.0 Å². The van der Waals surface area contributed by atoms with Gasteiger partial charge in [0.1, 0.15) is 4.90 Å². The molecule has 0 saturated heterocycles. The molecule has 0 spiro atoms. The van der Waals surface area contributed by atoms with Crippen molar-refractivity contribution < 1.29 is 8.42 Å². The lowest BCUT2D eigenvalue weighted by atomic mass is 10.3. The highest BCUT2D eigenvalue weighted by Gasteiger charge is 2.24. The first-order valence-corrected chi connectivity index (χ1v) is 7.95. The van der Waals surface area contributed by atoms with Gasteiger partial charge in [0.25, 0.3) is 10.0 Å². The number of rotatable bonds is 3. The molecule has 0 aliphatic rings. The lowest BCUT2D eigenvalue weighted by Crippen LogP contribution is -2.15. The Kier molecular flexibility index (Phi) is 4.00. The van der Waals surface area contributed by atoms with Gasteiger partial charge < -0.3 is 0 Å². The minimum absolute atomic E-state index is 0.149. The van der Waals surface area contributed by atoms with Gasteiger partial charge in [-0.15, -0.1) is 0 Å². The minimum Gasteiger partial charge on any atom is -0.278 e. The Labute approximate surface area is 127 Å². The van der Waals surface area contributed by atoms with Gasteiger partial charge in [0.2, 0.25) is 0 Å². The van der Waals surface area contributed by atoms with Crippen LogP contribution in [0.15, 0.2) is 23.1 Å². The molecule has 0 bridgehead atoms. The maximum absolute atomic E-state index is 12.5. The van der Waals surface area contributed by atoms with Gasteiger partial charge in [-0.3, -0.25) is 9.40 Å². The number of hydrogen-bond donors (Lipinski definition) is 1. The molecular formula is C12H13Cl2N3O2S. The number of hydrogen-bond acceptors (Lipinski definition) is 3. The Hall–Kier alpha value is -1.24. The number of aromatic nitrogens is 2. The second-order valence-electron chi connectivity index (χ2n) is 4.33. The SMILES string of the molecule is Cc1nn(C)c(C)c1S(=O)(=O)Nc1cccc(Cl)c1Cl. The number of nitrogens with one attached hydrogen (secondary N) is 1. The van der Waals surface area contributed by atoms with Crippen molar-refractivity contribution >= 4 is 38.9 Å². The second-order valence-corrected chi connectivity index (χ2v) is 6.73. The summed E-state index contributed by atoms with van der Waals surface area (Å²) in [6.07, 6.45) is 0. The summed E-state index contributed by atoms with van der Waals surface area (Å²) in [6, 6.07) is 4.75. The van der Waals surface area contributed by atoms with E-state index in [-0.39, 0.29) is 20.6 Å². The van der Waals surface area contributed by atoms with E-state index in [0.29, 0.717) is 11.4 Å². The van der Waals surface area contributed by atoms with Crippen LogP contribution in [0.4, 0.5) is 5.69 Å². The third-order valence-electron chi connectivity index (χ3n) is 2.91. The molecule has 1 N–H and O–H groups in total. The minimum atomic E-state index is -3.77. The Balaban J connectivity index is 2.49. The van der Waals surface area contributed by atoms with Crippen LogP contribution in [0.1, 0.15) is 11.4 Å². The molecule has 1 heterocycles. The fourth-order valence-corrected chi connectivity index (χ4v) is 3.84. The largest absolute Gasteiger partial charge is 0.278 e. The highest BCUT2D eigenvalue weighted by atomic mass is 35.5. The Bertz CT molecular complexity index is 769. The van der Waals surface area contributed by atoms with E-state index < -0.39 is 10.0 Å². The topological polar surface area (TPSA) is 64.0 Å². The number of anilines is 1. The molecule has 5 nitrogen and oxygen atoms in total. The fraction of sp³-hybridized carbons (Fsp3) is 0.250. The maximum Gasteiger partial charge on any atom is 0.265 e. The third kappa shape index (κ3) is 2.63. The smallest absolute Gasteiger partial charge is 0.265 e. The first kappa shape index (κ1) is 15.2. The van der Waals surface area contributed by atoms with E-state index in [1.807, 2.05) is 0 Å². The van der Waals surface area contributed by atoms with Gasteiger partial charge in [0.05, 0.1) is 27.1 Å². The lowest BCUT2D eigenvalue weighted by molar-refractivity contribution is 0.599. The Morgan fingerprint density at radius 2 is 1.90 bits per heavy atom. The summed E-state index contributed by atoms with van der Waals surface area (Å²) in [6.45, 7) is 3.33. The zero-order chi connectivity index (χ0) is 15.1. The number of nitrogens with zero attached hydrogens (tertiary/aromatic N) is 2. The average molecular weight is 334 g/mol. The summed E-state index contributed by atoms with van der Waals surface area (Å²) < 4.78 is 28.9. The van der Waals surface area contributed by atoms with Crippen molar-refractivity contribution in [3.8, 4) is 0 Å². The molecule has 0 aliphatic carbocycles. The zero-order valence-corrected chi connectivity index (χ0v) is 13.4. The van der Waals surface area contributed by atoms with Crippen molar-refractivity contribution in [1.82, 2.24) is 9.78 Å². The zero-order valence-electron chi connectivity index (χ0n) is 11.1. The number of benzene rings is 1. The van der Waals surface area contributed by atoms with Crippen molar-refractivity contribution in [2.45, 2.75) is 18.7 Å². The van der Waals surface area contributed by atoms with E-state index >= 15 is 0 Å². The van der Waals surface area contributed by atoms with Crippen molar-refractivity contribution in [2.75, 3.05) is 4.72 Å². The number of halogens is 2. The molecule has 0 amide bonds. The highest BCUT2D eigenvalue weighted by Crippen LogP contribution is 2.31. The van der Waals surface area contributed by atoms with Gasteiger partial charge in [0, 0.05) is 7.05 Å². The molecule has 8 heteroatoms. The van der Waals surface area contributed by atoms with Crippen molar-refractivity contribution in [3.05, 3.63) is 39.6 Å². The van der Waals surface area contributed by atoms with E-state index in [9.17, 15) is 8.42 Å². The van der Waals surface area contributed by atoms with E-state index in [0.717, 1.165) is 0 Å². The van der Waals surface area contributed by atoms with Gasteiger partial charge in [-0.1, -0.05) is 29.3 Å². The van der Waals surface area contributed by atoms with Crippen LogP contribution in [-0.2, 0) is 17.1 Å². The van der Waals surface area contributed by atoms with E-state index in [1.165, 1.54) is 4.68 Å². The van der Waals surface area contributed by atoms with Crippen molar-refractivity contribution in [3.63, 3.8) is 0 Å². The van der Waals surface area contributed by atoms with Gasteiger partial charge >= 0.3 is 0 Å². The van der Waals surface area contributed by atoms with Gasteiger partial charge in [-0.2, -0.15) is 5.10 Å². The monoisotopic (exact) mass is 333 g/mol. The molecule has 1 aromatic heterocycles. The van der Waals surface area contributed by atoms with Crippen LogP contribution in [0.3, 0.4) is 0 Å². The lowest BCUT2D eigenvalue weighted by Gasteiger charge is -2.10. The molecule has 1 aromatic carbocycles. The molecule has 0 saturated carbocycles. The molecule has 0 unspecified atom stereocenters. The van der Waals surface area contributed by atoms with Crippen LogP contribution in [0, 0.1) is 13.8 Å². The van der Waals surface area contributed by atoms with Gasteiger partial charge in [-0.25, -0.2) is 8.42 Å². The fourth-order valence-electron chi connectivity index (χ4n) is 1.92. The first-order chi connectivity index (χ1) is 9.24. The predicted octanol–water partition coefficient (Wildman–Crippen LogP) is 3.14. The summed E-state index contributed by atoms with van der Waals surface area (Å²) in [7, 11) is -2.08.